The van der Waals surface area contributed by atoms with E-state index in [0.717, 1.165) is 36.3 Å². The number of thiazole rings is 1. The van der Waals surface area contributed by atoms with E-state index in [1.807, 2.05) is 14.0 Å². The summed E-state index contributed by atoms with van der Waals surface area (Å²) in [5.41, 5.74) is 1.08. The summed E-state index contributed by atoms with van der Waals surface area (Å²) in [4.78, 5) is 11.3. The first kappa shape index (κ1) is 19.6. The zero-order chi connectivity index (χ0) is 15.4. The first-order valence-electron chi connectivity index (χ1n) is 7.61. The van der Waals surface area contributed by atoms with Crippen LogP contribution >= 0.6 is 35.3 Å². The Morgan fingerprint density at radius 2 is 2.23 bits per heavy atom. The molecule has 0 radical (unpaired) electrons. The number of aromatic nitrogens is 1. The maximum atomic E-state index is 4.46. The number of hydrogen-bond donors (Lipinski definition) is 2. The number of rotatable bonds is 4. The topological polar surface area (TPSA) is 52.6 Å². The molecule has 1 aliphatic rings. The van der Waals surface area contributed by atoms with Crippen molar-refractivity contribution in [2.45, 2.75) is 46.3 Å². The average Bonchev–Trinajstić information content (AvgIpc) is 3.01. The number of nitrogens with zero attached hydrogens (tertiary/aromatic N) is 3. The first-order chi connectivity index (χ1) is 9.99. The number of halogens is 1. The molecule has 0 aromatic carbocycles. The number of aryl methyl sites for hydroxylation is 1. The Kier molecular flexibility index (Phi) is 8.06. The van der Waals surface area contributed by atoms with Gasteiger partial charge >= 0.3 is 0 Å². The maximum absolute atomic E-state index is 4.46. The van der Waals surface area contributed by atoms with Gasteiger partial charge < -0.3 is 10.6 Å². The van der Waals surface area contributed by atoms with Gasteiger partial charge in [0.15, 0.2) is 5.96 Å². The fourth-order valence-electron chi connectivity index (χ4n) is 2.63. The van der Waals surface area contributed by atoms with Crippen LogP contribution in [0, 0.1) is 12.8 Å². The lowest BCUT2D eigenvalue weighted by Crippen LogP contribution is -2.46. The molecular formula is C15H28IN5S. The summed E-state index contributed by atoms with van der Waals surface area (Å²) < 4.78 is 0. The standard InChI is InChI=1S/C15H27N5S.HI/c1-10(2)20-7-11(3)13(8-20)19-15(16-5)17-6-14-18-12(4)9-21-14;/h9-11,13H,6-8H2,1-5H3,(H2,16,17,19);1H. The molecule has 22 heavy (non-hydrogen) atoms. The summed E-state index contributed by atoms with van der Waals surface area (Å²) in [6, 6.07) is 1.06. The number of hydrogen-bond acceptors (Lipinski definition) is 4. The molecule has 0 saturated carbocycles. The fraction of sp³-hybridized carbons (Fsp3) is 0.733. The molecule has 5 nitrogen and oxygen atoms in total. The third kappa shape index (κ3) is 5.34. The first-order valence-corrected chi connectivity index (χ1v) is 8.49. The predicted molar refractivity (Wildman–Crippen MR) is 105 cm³/mol. The van der Waals surface area contributed by atoms with E-state index in [-0.39, 0.29) is 24.0 Å². The number of guanidine groups is 1. The van der Waals surface area contributed by atoms with Crippen molar-refractivity contribution in [2.75, 3.05) is 20.1 Å². The number of likely N-dealkylation sites (tertiary alicyclic amines) is 1. The van der Waals surface area contributed by atoms with Crippen LogP contribution in [0.5, 0.6) is 0 Å². The summed E-state index contributed by atoms with van der Waals surface area (Å²) in [5.74, 6) is 1.50. The minimum absolute atomic E-state index is 0. The van der Waals surface area contributed by atoms with Crippen LogP contribution in [0.1, 0.15) is 31.5 Å². The Labute approximate surface area is 155 Å². The molecule has 1 fully saturated rings. The molecular weight excluding hydrogens is 409 g/mol. The van der Waals surface area contributed by atoms with Gasteiger partial charge in [0.2, 0.25) is 0 Å². The van der Waals surface area contributed by atoms with Crippen molar-refractivity contribution in [3.63, 3.8) is 0 Å². The number of nitrogens with one attached hydrogen (secondary N) is 2. The summed E-state index contributed by atoms with van der Waals surface area (Å²) in [6.07, 6.45) is 0. The van der Waals surface area contributed by atoms with Crippen LogP contribution in [0.2, 0.25) is 0 Å². The smallest absolute Gasteiger partial charge is 0.191 e. The van der Waals surface area contributed by atoms with Crippen LogP contribution in [0.3, 0.4) is 0 Å². The van der Waals surface area contributed by atoms with E-state index in [4.69, 9.17) is 0 Å². The summed E-state index contributed by atoms with van der Waals surface area (Å²) in [7, 11) is 1.82. The van der Waals surface area contributed by atoms with Gasteiger partial charge in [0.1, 0.15) is 5.01 Å². The predicted octanol–water partition coefficient (Wildman–Crippen LogP) is 2.46. The van der Waals surface area contributed by atoms with Gasteiger partial charge in [0.25, 0.3) is 0 Å². The lowest BCUT2D eigenvalue weighted by molar-refractivity contribution is 0.265. The molecule has 0 amide bonds. The largest absolute Gasteiger partial charge is 0.352 e. The molecule has 1 aromatic rings. The van der Waals surface area contributed by atoms with Gasteiger partial charge in [-0.05, 0) is 26.7 Å². The van der Waals surface area contributed by atoms with Gasteiger partial charge in [-0.1, -0.05) is 6.92 Å². The molecule has 1 aliphatic heterocycles. The summed E-state index contributed by atoms with van der Waals surface area (Å²) >= 11 is 1.68. The minimum atomic E-state index is 0. The van der Waals surface area contributed by atoms with Crippen molar-refractivity contribution >= 4 is 41.3 Å². The highest BCUT2D eigenvalue weighted by Gasteiger charge is 2.31. The van der Waals surface area contributed by atoms with Crippen molar-refractivity contribution in [3.05, 3.63) is 16.1 Å². The van der Waals surface area contributed by atoms with Gasteiger partial charge in [-0.25, -0.2) is 4.98 Å². The molecule has 2 rings (SSSR count). The van der Waals surface area contributed by atoms with E-state index in [2.05, 4.69) is 51.7 Å². The highest BCUT2D eigenvalue weighted by molar-refractivity contribution is 14.0. The van der Waals surface area contributed by atoms with E-state index < -0.39 is 0 Å². The van der Waals surface area contributed by atoms with Crippen LogP contribution in [0.4, 0.5) is 0 Å². The molecule has 2 N–H and O–H groups in total. The van der Waals surface area contributed by atoms with Gasteiger partial charge in [0, 0.05) is 43.3 Å². The van der Waals surface area contributed by atoms with Gasteiger partial charge in [-0.15, -0.1) is 35.3 Å². The van der Waals surface area contributed by atoms with Gasteiger partial charge in [0.05, 0.1) is 6.54 Å². The Morgan fingerprint density at radius 3 is 2.73 bits per heavy atom. The van der Waals surface area contributed by atoms with E-state index in [0.29, 0.717) is 18.0 Å². The molecule has 2 heterocycles. The van der Waals surface area contributed by atoms with Crippen molar-refractivity contribution in [1.29, 1.82) is 0 Å². The maximum Gasteiger partial charge on any atom is 0.191 e. The molecule has 0 bridgehead atoms. The molecule has 0 aliphatic carbocycles. The van der Waals surface area contributed by atoms with Crippen LogP contribution in [0.25, 0.3) is 0 Å². The third-order valence-electron chi connectivity index (χ3n) is 3.99. The second kappa shape index (κ2) is 9.02. The second-order valence-electron chi connectivity index (χ2n) is 6.08. The molecule has 1 aromatic heterocycles. The quantitative estimate of drug-likeness (QED) is 0.432. The van der Waals surface area contributed by atoms with Crippen molar-refractivity contribution < 1.29 is 0 Å². The minimum Gasteiger partial charge on any atom is -0.352 e. The van der Waals surface area contributed by atoms with E-state index in [9.17, 15) is 0 Å². The monoisotopic (exact) mass is 437 g/mol. The van der Waals surface area contributed by atoms with Crippen LogP contribution < -0.4 is 10.6 Å². The normalized spacial score (nSPS) is 22.7. The summed E-state index contributed by atoms with van der Waals surface area (Å²) in [6.45, 7) is 11.8. The number of aliphatic imine (C=N–C) groups is 1. The SMILES string of the molecule is CN=C(NCc1nc(C)cs1)NC1CN(C(C)C)CC1C.I. The highest BCUT2D eigenvalue weighted by Crippen LogP contribution is 2.18. The molecule has 7 heteroatoms. The van der Waals surface area contributed by atoms with E-state index in [1.54, 1.807) is 11.3 Å². The van der Waals surface area contributed by atoms with Crippen molar-refractivity contribution in [1.82, 2.24) is 20.5 Å². The van der Waals surface area contributed by atoms with Crippen molar-refractivity contribution in [2.24, 2.45) is 10.9 Å². The zero-order valence-corrected chi connectivity index (χ0v) is 17.2. The Balaban J connectivity index is 0.00000242. The lowest BCUT2D eigenvalue weighted by Gasteiger charge is -2.21. The fourth-order valence-corrected chi connectivity index (χ4v) is 3.34. The Morgan fingerprint density at radius 1 is 1.50 bits per heavy atom. The molecule has 2 atom stereocenters. The third-order valence-corrected chi connectivity index (χ3v) is 4.96. The Bertz CT molecular complexity index is 488. The zero-order valence-electron chi connectivity index (χ0n) is 14.1. The molecule has 126 valence electrons. The van der Waals surface area contributed by atoms with Gasteiger partial charge in [-0.3, -0.25) is 9.89 Å². The molecule has 1 saturated heterocycles. The Hall–Kier alpha value is -0.410. The average molecular weight is 437 g/mol. The van der Waals surface area contributed by atoms with Crippen molar-refractivity contribution in [3.8, 4) is 0 Å². The van der Waals surface area contributed by atoms with Gasteiger partial charge in [-0.2, -0.15) is 0 Å². The lowest BCUT2D eigenvalue weighted by atomic mass is 10.1. The second-order valence-corrected chi connectivity index (χ2v) is 7.03. The summed E-state index contributed by atoms with van der Waals surface area (Å²) in [5, 5.41) is 10.1. The van der Waals surface area contributed by atoms with E-state index >= 15 is 0 Å². The van der Waals surface area contributed by atoms with Crippen LogP contribution in [-0.4, -0.2) is 48.1 Å². The molecule has 0 spiro atoms. The highest BCUT2D eigenvalue weighted by atomic mass is 127. The molecule has 2 unspecified atom stereocenters. The van der Waals surface area contributed by atoms with E-state index in [1.165, 1.54) is 0 Å². The van der Waals surface area contributed by atoms with Crippen LogP contribution in [-0.2, 0) is 6.54 Å². The van der Waals surface area contributed by atoms with Crippen LogP contribution in [0.15, 0.2) is 10.4 Å².